The minimum absolute atomic E-state index is 0.606. The fraction of sp³-hybridized carbons (Fsp3) is 0. The van der Waals surface area contributed by atoms with Crippen LogP contribution in [0, 0.1) is 0 Å². The first-order valence-electron chi connectivity index (χ1n) is 16.4. The highest BCUT2D eigenvalue weighted by Gasteiger charge is 2.18. The molecular formula is C45H27N3O. The van der Waals surface area contributed by atoms with Crippen LogP contribution in [0.25, 0.3) is 99.5 Å². The first kappa shape index (κ1) is 27.5. The molecule has 8 aromatic carbocycles. The lowest BCUT2D eigenvalue weighted by Gasteiger charge is -2.14. The molecule has 2 heterocycles. The lowest BCUT2D eigenvalue weighted by atomic mass is 9.90. The predicted octanol–water partition coefficient (Wildman–Crippen LogP) is 11.9. The zero-order chi connectivity index (χ0) is 32.3. The molecule has 0 aliphatic heterocycles. The number of aromatic nitrogens is 3. The van der Waals surface area contributed by atoms with Crippen molar-refractivity contribution in [2.75, 3.05) is 0 Å². The number of fused-ring (bicyclic) bond motifs is 8. The number of nitrogens with zero attached hydrogens (tertiary/aromatic N) is 3. The van der Waals surface area contributed by atoms with E-state index in [1.54, 1.807) is 0 Å². The van der Waals surface area contributed by atoms with Crippen molar-refractivity contribution in [1.29, 1.82) is 0 Å². The van der Waals surface area contributed by atoms with Gasteiger partial charge in [-0.05, 0) is 67.7 Å². The molecule has 4 nitrogen and oxygen atoms in total. The summed E-state index contributed by atoms with van der Waals surface area (Å²) in [6, 6.07) is 57.0. The van der Waals surface area contributed by atoms with Crippen molar-refractivity contribution in [3.8, 4) is 45.3 Å². The number of rotatable bonds is 4. The molecule has 0 saturated carbocycles. The van der Waals surface area contributed by atoms with Crippen molar-refractivity contribution < 1.29 is 4.42 Å². The van der Waals surface area contributed by atoms with E-state index < -0.39 is 0 Å². The van der Waals surface area contributed by atoms with Gasteiger partial charge < -0.3 is 4.42 Å². The Hall–Kier alpha value is -6.65. The standard InChI is InChI=1S/C45H27N3O/c1-2-13-29(14-3-1)43-46-44(48-45(47-43)37-21-11-23-40-42(37)36-20-8-9-22-39(36)49-40)32-17-10-16-30(26-32)38-27-31-15-5-7-19-34(31)41-33-18-6-4-12-28(33)24-25-35(38)41/h1-27H. The normalized spacial score (nSPS) is 11.7. The SMILES string of the molecule is c1ccc(-c2nc(-c3cccc(-c4cc5ccccc5c5c4ccc4ccccc45)c3)nc(-c3cccc4oc5ccccc5c34)n2)cc1. The third-order valence-corrected chi connectivity index (χ3v) is 9.49. The van der Waals surface area contributed by atoms with E-state index in [2.05, 4.69) is 103 Å². The van der Waals surface area contributed by atoms with Crippen LogP contribution in [0.2, 0.25) is 0 Å². The highest BCUT2D eigenvalue weighted by molar-refractivity contribution is 6.24. The molecule has 0 bridgehead atoms. The maximum atomic E-state index is 6.23. The van der Waals surface area contributed by atoms with Gasteiger partial charge in [-0.25, -0.2) is 15.0 Å². The molecule has 0 N–H and O–H groups in total. The Morgan fingerprint density at radius 2 is 0.939 bits per heavy atom. The van der Waals surface area contributed by atoms with E-state index in [-0.39, 0.29) is 0 Å². The Bertz CT molecular complexity index is 2870. The van der Waals surface area contributed by atoms with Crippen molar-refractivity contribution in [2.24, 2.45) is 0 Å². The van der Waals surface area contributed by atoms with Crippen molar-refractivity contribution in [1.82, 2.24) is 15.0 Å². The lowest BCUT2D eigenvalue weighted by Crippen LogP contribution is -2.00. The van der Waals surface area contributed by atoms with Gasteiger partial charge in [-0.2, -0.15) is 0 Å². The van der Waals surface area contributed by atoms with Gasteiger partial charge in [0.25, 0.3) is 0 Å². The van der Waals surface area contributed by atoms with E-state index in [1.165, 1.54) is 37.9 Å². The summed E-state index contributed by atoms with van der Waals surface area (Å²) >= 11 is 0. The molecule has 4 heteroatoms. The summed E-state index contributed by atoms with van der Waals surface area (Å²) in [4.78, 5) is 15.3. The second-order valence-corrected chi connectivity index (χ2v) is 12.4. The molecular weight excluding hydrogens is 599 g/mol. The third kappa shape index (κ3) is 4.49. The summed E-state index contributed by atoms with van der Waals surface area (Å²) in [5.74, 6) is 1.85. The van der Waals surface area contributed by atoms with E-state index >= 15 is 0 Å². The Kier molecular flexibility index (Phi) is 6.15. The fourth-order valence-corrected chi connectivity index (χ4v) is 7.24. The van der Waals surface area contributed by atoms with Gasteiger partial charge in [0.05, 0.1) is 0 Å². The van der Waals surface area contributed by atoms with E-state index in [9.17, 15) is 0 Å². The number of para-hydroxylation sites is 1. The molecule has 0 aliphatic carbocycles. The van der Waals surface area contributed by atoms with E-state index in [1.807, 2.05) is 60.7 Å². The zero-order valence-corrected chi connectivity index (χ0v) is 26.3. The Balaban J connectivity index is 1.21. The summed E-state index contributed by atoms with van der Waals surface area (Å²) < 4.78 is 6.23. The highest BCUT2D eigenvalue weighted by atomic mass is 16.3. The van der Waals surface area contributed by atoms with Crippen LogP contribution in [0.4, 0.5) is 0 Å². The van der Waals surface area contributed by atoms with Crippen LogP contribution in [-0.2, 0) is 0 Å². The molecule has 0 radical (unpaired) electrons. The quantitative estimate of drug-likeness (QED) is 0.183. The lowest BCUT2D eigenvalue weighted by molar-refractivity contribution is 0.669. The Morgan fingerprint density at radius 1 is 0.327 bits per heavy atom. The van der Waals surface area contributed by atoms with Gasteiger partial charge in [0.2, 0.25) is 0 Å². The number of furan rings is 1. The molecule has 0 amide bonds. The molecule has 10 aromatic rings. The van der Waals surface area contributed by atoms with Gasteiger partial charge in [-0.1, -0.05) is 140 Å². The van der Waals surface area contributed by atoms with E-state index in [0.717, 1.165) is 44.2 Å². The molecule has 0 atom stereocenters. The number of hydrogen-bond donors (Lipinski definition) is 0. The third-order valence-electron chi connectivity index (χ3n) is 9.49. The topological polar surface area (TPSA) is 51.8 Å². The largest absolute Gasteiger partial charge is 0.456 e. The molecule has 2 aromatic heterocycles. The van der Waals surface area contributed by atoms with Gasteiger partial charge in [0, 0.05) is 27.5 Å². The van der Waals surface area contributed by atoms with Crippen LogP contribution in [0.1, 0.15) is 0 Å². The van der Waals surface area contributed by atoms with Crippen LogP contribution in [0.5, 0.6) is 0 Å². The Morgan fingerprint density at radius 3 is 1.80 bits per heavy atom. The molecule has 0 aliphatic rings. The maximum Gasteiger partial charge on any atom is 0.164 e. The summed E-state index contributed by atoms with van der Waals surface area (Å²) in [5.41, 5.74) is 6.69. The fourth-order valence-electron chi connectivity index (χ4n) is 7.24. The summed E-state index contributed by atoms with van der Waals surface area (Å²) in [7, 11) is 0. The number of hydrogen-bond acceptors (Lipinski definition) is 4. The smallest absolute Gasteiger partial charge is 0.164 e. The van der Waals surface area contributed by atoms with Crippen LogP contribution < -0.4 is 0 Å². The van der Waals surface area contributed by atoms with Gasteiger partial charge in [-0.3, -0.25) is 0 Å². The predicted molar refractivity (Wildman–Crippen MR) is 201 cm³/mol. The molecule has 228 valence electrons. The first-order chi connectivity index (χ1) is 24.3. The van der Waals surface area contributed by atoms with Gasteiger partial charge >= 0.3 is 0 Å². The second-order valence-electron chi connectivity index (χ2n) is 12.4. The number of benzene rings is 8. The average molecular weight is 626 g/mol. The van der Waals surface area contributed by atoms with Crippen molar-refractivity contribution in [3.63, 3.8) is 0 Å². The van der Waals surface area contributed by atoms with Crippen molar-refractivity contribution in [3.05, 3.63) is 164 Å². The minimum atomic E-state index is 0.606. The van der Waals surface area contributed by atoms with Crippen LogP contribution in [0.15, 0.2) is 168 Å². The van der Waals surface area contributed by atoms with E-state index in [0.29, 0.717) is 17.5 Å². The summed E-state index contributed by atoms with van der Waals surface area (Å²) in [6.45, 7) is 0. The van der Waals surface area contributed by atoms with Crippen LogP contribution in [-0.4, -0.2) is 15.0 Å². The molecule has 49 heavy (non-hydrogen) atoms. The minimum Gasteiger partial charge on any atom is -0.456 e. The van der Waals surface area contributed by atoms with E-state index in [4.69, 9.17) is 19.4 Å². The highest BCUT2D eigenvalue weighted by Crippen LogP contribution is 2.40. The second kappa shape index (κ2) is 11.0. The van der Waals surface area contributed by atoms with Gasteiger partial charge in [0.1, 0.15) is 11.2 Å². The van der Waals surface area contributed by atoms with Crippen molar-refractivity contribution >= 4 is 54.3 Å². The molecule has 0 saturated heterocycles. The summed E-state index contributed by atoms with van der Waals surface area (Å²) in [6.07, 6.45) is 0. The maximum absolute atomic E-state index is 6.23. The monoisotopic (exact) mass is 625 g/mol. The van der Waals surface area contributed by atoms with Crippen LogP contribution in [0.3, 0.4) is 0 Å². The molecule has 0 unspecified atom stereocenters. The van der Waals surface area contributed by atoms with Crippen LogP contribution >= 0.6 is 0 Å². The zero-order valence-electron chi connectivity index (χ0n) is 26.3. The summed E-state index contributed by atoms with van der Waals surface area (Å²) in [5, 5.41) is 9.47. The first-order valence-corrected chi connectivity index (χ1v) is 16.4. The van der Waals surface area contributed by atoms with Gasteiger partial charge in [-0.15, -0.1) is 0 Å². The van der Waals surface area contributed by atoms with Crippen molar-refractivity contribution in [2.45, 2.75) is 0 Å². The molecule has 10 rings (SSSR count). The molecule has 0 spiro atoms. The Labute approximate surface area is 282 Å². The van der Waals surface area contributed by atoms with Gasteiger partial charge in [0.15, 0.2) is 17.5 Å². The molecule has 0 fully saturated rings. The average Bonchev–Trinajstić information content (AvgIpc) is 3.56.